The Morgan fingerprint density at radius 1 is 1.20 bits per heavy atom. The van der Waals surface area contributed by atoms with Crippen molar-refractivity contribution in [1.82, 2.24) is 0 Å². The maximum absolute atomic E-state index is 11.1. The second-order valence-electron chi connectivity index (χ2n) is 3.32. The van der Waals surface area contributed by atoms with Crippen LogP contribution in [0.4, 0.5) is 0 Å². The fourth-order valence-electron chi connectivity index (χ4n) is 1.76. The number of carbonyl (C=O) groups is 1. The number of carbonyl (C=O) groups excluding carboxylic acids is 1. The van der Waals surface area contributed by atoms with Gasteiger partial charge in [-0.2, -0.15) is 0 Å². The van der Waals surface area contributed by atoms with Gasteiger partial charge in [-0.1, -0.05) is 0 Å². The highest BCUT2D eigenvalue weighted by molar-refractivity contribution is 9.10. The Balaban J connectivity index is 2.47. The van der Waals surface area contributed by atoms with E-state index in [-0.39, 0.29) is 0 Å². The van der Waals surface area contributed by atoms with Gasteiger partial charge < -0.3 is 4.42 Å². The van der Waals surface area contributed by atoms with Gasteiger partial charge in [0.2, 0.25) is 0 Å². The lowest BCUT2D eigenvalue weighted by Gasteiger charge is -1.99. The van der Waals surface area contributed by atoms with E-state index in [1.807, 2.05) is 18.2 Å². The molecule has 74 valence electrons. The van der Waals surface area contributed by atoms with Crippen LogP contribution in [-0.4, -0.2) is 5.24 Å². The first kappa shape index (κ1) is 9.19. The summed E-state index contributed by atoms with van der Waals surface area (Å²) in [4.78, 5) is 11.1. The van der Waals surface area contributed by atoms with E-state index in [2.05, 4.69) is 15.9 Å². The fourth-order valence-corrected chi connectivity index (χ4v) is 2.55. The Bertz CT molecular complexity index is 671. The molecule has 2 bridgehead atoms. The molecule has 0 saturated carbocycles. The van der Waals surface area contributed by atoms with Gasteiger partial charge in [0.1, 0.15) is 11.2 Å². The van der Waals surface area contributed by atoms with Gasteiger partial charge >= 0.3 is 0 Å². The molecular weight excluding hydrogens is 279 g/mol. The predicted octanol–water partition coefficient (Wildman–Crippen LogP) is 4.17. The van der Waals surface area contributed by atoms with Crippen molar-refractivity contribution in [3.63, 3.8) is 0 Å². The largest absolute Gasteiger partial charge is 0.456 e. The molecule has 1 aromatic carbocycles. The summed E-state index contributed by atoms with van der Waals surface area (Å²) in [6, 6.07) is 7.40. The summed E-state index contributed by atoms with van der Waals surface area (Å²) in [5.74, 6) is 0. The van der Waals surface area contributed by atoms with Crippen LogP contribution in [0.25, 0.3) is 21.9 Å². The highest BCUT2D eigenvalue weighted by Gasteiger charge is 2.14. The van der Waals surface area contributed by atoms with Crippen molar-refractivity contribution in [2.75, 3.05) is 0 Å². The van der Waals surface area contributed by atoms with Gasteiger partial charge in [-0.05, 0) is 51.8 Å². The third-order valence-electron chi connectivity index (χ3n) is 2.46. The van der Waals surface area contributed by atoms with Crippen LogP contribution in [0.2, 0.25) is 0 Å². The van der Waals surface area contributed by atoms with Crippen molar-refractivity contribution < 1.29 is 9.21 Å². The molecule has 0 radical (unpaired) electrons. The third-order valence-corrected chi connectivity index (χ3v) is 3.32. The summed E-state index contributed by atoms with van der Waals surface area (Å²) in [5, 5.41) is 1.46. The van der Waals surface area contributed by atoms with Gasteiger partial charge in [-0.15, -0.1) is 0 Å². The molecule has 0 N–H and O–H groups in total. The van der Waals surface area contributed by atoms with Crippen LogP contribution >= 0.6 is 27.5 Å². The molecule has 3 aromatic rings. The summed E-state index contributed by atoms with van der Waals surface area (Å²) in [5.41, 5.74) is 2.08. The summed E-state index contributed by atoms with van der Waals surface area (Å²) >= 11 is 8.78. The zero-order valence-electron chi connectivity index (χ0n) is 7.38. The molecule has 0 aliphatic heterocycles. The Kier molecular flexibility index (Phi) is 1.82. The van der Waals surface area contributed by atoms with E-state index in [4.69, 9.17) is 16.0 Å². The van der Waals surface area contributed by atoms with Gasteiger partial charge in [-0.3, -0.25) is 4.79 Å². The topological polar surface area (TPSA) is 30.2 Å². The van der Waals surface area contributed by atoms with E-state index in [1.165, 1.54) is 0 Å². The predicted molar refractivity (Wildman–Crippen MR) is 62.8 cm³/mol. The van der Waals surface area contributed by atoms with Crippen molar-refractivity contribution in [3.8, 4) is 0 Å². The first-order valence-corrected chi connectivity index (χ1v) is 5.48. The van der Waals surface area contributed by atoms with Gasteiger partial charge in [0.05, 0.1) is 0 Å². The van der Waals surface area contributed by atoms with Crippen molar-refractivity contribution in [3.05, 3.63) is 34.3 Å². The number of fused-ring (bicyclic) bond motifs is 5. The van der Waals surface area contributed by atoms with Gasteiger partial charge in [0.15, 0.2) is 0 Å². The summed E-state index contributed by atoms with van der Waals surface area (Å²) in [6.07, 6.45) is 0. The van der Waals surface area contributed by atoms with E-state index in [0.717, 1.165) is 21.9 Å². The molecule has 0 fully saturated rings. The number of furan rings is 2. The fraction of sp³-hybridized carbons (Fsp3) is 0. The Morgan fingerprint density at radius 3 is 2.40 bits per heavy atom. The molecule has 0 spiro atoms. The highest BCUT2D eigenvalue weighted by atomic mass is 79.9. The van der Waals surface area contributed by atoms with Crippen molar-refractivity contribution >= 4 is 54.7 Å². The molecule has 0 unspecified atom stereocenters. The van der Waals surface area contributed by atoms with Crippen LogP contribution < -0.4 is 0 Å². The van der Waals surface area contributed by atoms with Gasteiger partial charge in [0, 0.05) is 20.8 Å². The quantitative estimate of drug-likeness (QED) is 0.628. The lowest BCUT2D eigenvalue weighted by atomic mass is 10.1. The second kappa shape index (κ2) is 2.97. The van der Waals surface area contributed by atoms with E-state index < -0.39 is 5.24 Å². The molecule has 3 rings (SSSR count). The van der Waals surface area contributed by atoms with E-state index in [0.29, 0.717) is 10.0 Å². The minimum Gasteiger partial charge on any atom is -0.456 e. The molecule has 15 heavy (non-hydrogen) atoms. The number of halogens is 2. The minimum atomic E-state index is -0.470. The zero-order valence-corrected chi connectivity index (χ0v) is 9.72. The molecule has 0 amide bonds. The minimum absolute atomic E-state index is 0.466. The Morgan fingerprint density at radius 2 is 1.80 bits per heavy atom. The van der Waals surface area contributed by atoms with Crippen LogP contribution in [0.3, 0.4) is 0 Å². The van der Waals surface area contributed by atoms with Crippen molar-refractivity contribution in [1.29, 1.82) is 0 Å². The van der Waals surface area contributed by atoms with Gasteiger partial charge in [-0.25, -0.2) is 0 Å². The average Bonchev–Trinajstić information content (AvgIpc) is 2.76. The molecule has 2 aromatic heterocycles. The molecule has 0 atom stereocenters. The summed E-state index contributed by atoms with van der Waals surface area (Å²) in [6.45, 7) is 0. The standard InChI is InChI=1S/C11H4BrClO2/c12-8-4-6-5(3-7(8)11(13)14)9-1-2-10(6)15-9/h1-4H. The molecule has 2 heterocycles. The summed E-state index contributed by atoms with van der Waals surface area (Å²) < 4.78 is 6.17. The number of benzene rings is 2. The smallest absolute Gasteiger partial charge is 0.253 e. The maximum Gasteiger partial charge on any atom is 0.253 e. The first-order valence-electron chi connectivity index (χ1n) is 4.31. The molecule has 0 aliphatic carbocycles. The molecule has 2 nitrogen and oxygen atoms in total. The van der Waals surface area contributed by atoms with E-state index >= 15 is 0 Å². The number of hydrogen-bond donors (Lipinski definition) is 0. The van der Waals surface area contributed by atoms with Crippen LogP contribution in [-0.2, 0) is 0 Å². The molecule has 0 saturated heterocycles. The zero-order chi connectivity index (χ0) is 10.6. The lowest BCUT2D eigenvalue weighted by molar-refractivity contribution is 0.108. The maximum atomic E-state index is 11.1. The van der Waals surface area contributed by atoms with Crippen LogP contribution in [0.5, 0.6) is 0 Å². The van der Waals surface area contributed by atoms with Crippen LogP contribution in [0.15, 0.2) is 33.2 Å². The van der Waals surface area contributed by atoms with Gasteiger partial charge in [0.25, 0.3) is 5.24 Å². The molecule has 4 heteroatoms. The van der Waals surface area contributed by atoms with Crippen LogP contribution in [0, 0.1) is 0 Å². The number of hydrogen-bond acceptors (Lipinski definition) is 2. The number of rotatable bonds is 1. The lowest BCUT2D eigenvalue weighted by Crippen LogP contribution is -1.90. The monoisotopic (exact) mass is 282 g/mol. The first-order chi connectivity index (χ1) is 7.16. The third kappa shape index (κ3) is 1.20. The molecule has 0 aliphatic rings. The average molecular weight is 284 g/mol. The van der Waals surface area contributed by atoms with Crippen molar-refractivity contribution in [2.24, 2.45) is 0 Å². The SMILES string of the molecule is O=C(Cl)c1cc2c3ccc(o3)c2cc1Br. The Labute approximate surface area is 98.3 Å². The normalized spacial score (nSPS) is 11.6. The van der Waals surface area contributed by atoms with Crippen LogP contribution in [0.1, 0.15) is 10.4 Å². The van der Waals surface area contributed by atoms with E-state index in [1.54, 1.807) is 6.07 Å². The van der Waals surface area contributed by atoms with E-state index in [9.17, 15) is 4.79 Å². The Hall–Kier alpha value is -1.06. The summed E-state index contributed by atoms with van der Waals surface area (Å²) in [7, 11) is 0. The van der Waals surface area contributed by atoms with Crippen molar-refractivity contribution in [2.45, 2.75) is 0 Å². The molecular formula is C11H4BrClO2. The second-order valence-corrected chi connectivity index (χ2v) is 4.51. The highest BCUT2D eigenvalue weighted by Crippen LogP contribution is 2.35.